The molecule has 1 aliphatic heterocycles. The van der Waals surface area contributed by atoms with Gasteiger partial charge in [0, 0.05) is 43.0 Å². The molecule has 2 aromatic carbocycles. The summed E-state index contributed by atoms with van der Waals surface area (Å²) in [6, 6.07) is 11.6. The van der Waals surface area contributed by atoms with Crippen molar-refractivity contribution in [3.05, 3.63) is 59.2 Å². The molecule has 1 heterocycles. The third-order valence-electron chi connectivity index (χ3n) is 4.44. The Balaban J connectivity index is 1.66. The van der Waals surface area contributed by atoms with Gasteiger partial charge in [-0.05, 0) is 42.8 Å². The Morgan fingerprint density at radius 3 is 2.24 bits per heavy atom. The summed E-state index contributed by atoms with van der Waals surface area (Å²) in [5.41, 5.74) is 8.29. The van der Waals surface area contributed by atoms with Gasteiger partial charge in [0.2, 0.25) is 0 Å². The van der Waals surface area contributed by atoms with Crippen LogP contribution in [0.15, 0.2) is 42.5 Å². The first-order chi connectivity index (χ1) is 12.0. The fourth-order valence-electron chi connectivity index (χ4n) is 2.97. The lowest BCUT2D eigenvalue weighted by atomic mass is 10.1. The lowest BCUT2D eigenvalue weighted by Gasteiger charge is -2.35. The molecule has 25 heavy (non-hydrogen) atoms. The number of anilines is 1. The highest BCUT2D eigenvalue weighted by Crippen LogP contribution is 2.18. The summed E-state index contributed by atoms with van der Waals surface area (Å²) in [6.07, 6.45) is 0. The van der Waals surface area contributed by atoms with Gasteiger partial charge in [-0.25, -0.2) is 0 Å². The second kappa shape index (κ2) is 6.84. The smallest absolute Gasteiger partial charge is 0.254 e. The Bertz CT molecular complexity index is 811. The van der Waals surface area contributed by atoms with Crippen molar-refractivity contribution >= 4 is 17.5 Å². The van der Waals surface area contributed by atoms with Gasteiger partial charge in [0.15, 0.2) is 0 Å². The van der Waals surface area contributed by atoms with Crippen LogP contribution in [0.1, 0.15) is 26.3 Å². The van der Waals surface area contributed by atoms with Crippen molar-refractivity contribution < 1.29 is 14.7 Å². The molecule has 0 radical (unpaired) electrons. The summed E-state index contributed by atoms with van der Waals surface area (Å²) in [4.78, 5) is 28.6. The van der Waals surface area contributed by atoms with E-state index in [4.69, 9.17) is 5.73 Å². The molecule has 2 aromatic rings. The zero-order valence-corrected chi connectivity index (χ0v) is 14.1. The topological polar surface area (TPSA) is 86.9 Å². The van der Waals surface area contributed by atoms with Gasteiger partial charge in [0.1, 0.15) is 5.75 Å². The standard InChI is InChI=1S/C19H21N3O3/c1-13-5-6-15(20)12-17(13)19(25)22-9-7-21(8-10-22)18(24)14-3-2-4-16(23)11-14/h2-6,11-12,23H,7-10,20H2,1H3. The number of hydrogen-bond donors (Lipinski definition) is 2. The largest absolute Gasteiger partial charge is 0.508 e. The zero-order chi connectivity index (χ0) is 18.0. The molecule has 0 spiro atoms. The highest BCUT2D eigenvalue weighted by molar-refractivity contribution is 5.97. The van der Waals surface area contributed by atoms with Crippen molar-refractivity contribution in [3.8, 4) is 5.75 Å². The molecule has 1 fully saturated rings. The number of rotatable bonds is 2. The monoisotopic (exact) mass is 339 g/mol. The first kappa shape index (κ1) is 16.8. The van der Waals surface area contributed by atoms with E-state index < -0.39 is 0 Å². The van der Waals surface area contributed by atoms with E-state index in [0.29, 0.717) is 43.0 Å². The second-order valence-electron chi connectivity index (χ2n) is 6.21. The SMILES string of the molecule is Cc1ccc(N)cc1C(=O)N1CCN(C(=O)c2cccc(O)c2)CC1. The zero-order valence-electron chi connectivity index (χ0n) is 14.1. The van der Waals surface area contributed by atoms with E-state index in [1.807, 2.05) is 13.0 Å². The molecule has 6 heteroatoms. The van der Waals surface area contributed by atoms with Crippen molar-refractivity contribution in [3.63, 3.8) is 0 Å². The number of piperazine rings is 1. The van der Waals surface area contributed by atoms with Gasteiger partial charge in [0.25, 0.3) is 11.8 Å². The third-order valence-corrected chi connectivity index (χ3v) is 4.44. The molecule has 0 atom stereocenters. The van der Waals surface area contributed by atoms with E-state index in [1.54, 1.807) is 34.1 Å². The molecular weight excluding hydrogens is 318 g/mol. The van der Waals surface area contributed by atoms with Crippen LogP contribution in [0, 0.1) is 6.92 Å². The van der Waals surface area contributed by atoms with Crippen molar-refractivity contribution in [1.29, 1.82) is 0 Å². The fourth-order valence-corrected chi connectivity index (χ4v) is 2.97. The van der Waals surface area contributed by atoms with Gasteiger partial charge in [-0.2, -0.15) is 0 Å². The maximum atomic E-state index is 12.7. The van der Waals surface area contributed by atoms with Crippen LogP contribution >= 0.6 is 0 Å². The number of nitrogens with two attached hydrogens (primary N) is 1. The van der Waals surface area contributed by atoms with Gasteiger partial charge in [-0.3, -0.25) is 9.59 Å². The Morgan fingerprint density at radius 1 is 0.960 bits per heavy atom. The molecule has 6 nitrogen and oxygen atoms in total. The first-order valence-electron chi connectivity index (χ1n) is 8.19. The van der Waals surface area contributed by atoms with Crippen LogP contribution in [-0.4, -0.2) is 52.9 Å². The number of nitrogen functional groups attached to an aromatic ring is 1. The summed E-state index contributed by atoms with van der Waals surface area (Å²) in [5.74, 6) is -0.130. The summed E-state index contributed by atoms with van der Waals surface area (Å²) < 4.78 is 0. The van der Waals surface area contributed by atoms with Gasteiger partial charge in [-0.1, -0.05) is 12.1 Å². The third kappa shape index (κ3) is 3.57. The number of hydrogen-bond acceptors (Lipinski definition) is 4. The number of benzene rings is 2. The van der Waals surface area contributed by atoms with Crippen LogP contribution in [0.2, 0.25) is 0 Å². The predicted molar refractivity (Wildman–Crippen MR) is 95.5 cm³/mol. The lowest BCUT2D eigenvalue weighted by Crippen LogP contribution is -2.50. The summed E-state index contributed by atoms with van der Waals surface area (Å²) in [6.45, 7) is 3.74. The number of aromatic hydroxyl groups is 1. The van der Waals surface area contributed by atoms with E-state index in [-0.39, 0.29) is 17.6 Å². The number of aryl methyl sites for hydroxylation is 1. The van der Waals surface area contributed by atoms with Crippen molar-refractivity contribution in [2.24, 2.45) is 0 Å². The summed E-state index contributed by atoms with van der Waals surface area (Å²) >= 11 is 0. The van der Waals surface area contributed by atoms with Gasteiger partial charge in [0.05, 0.1) is 0 Å². The quantitative estimate of drug-likeness (QED) is 0.818. The fraction of sp³-hybridized carbons (Fsp3) is 0.263. The van der Waals surface area contributed by atoms with Gasteiger partial charge in [-0.15, -0.1) is 0 Å². The van der Waals surface area contributed by atoms with Crippen LogP contribution < -0.4 is 5.73 Å². The molecule has 130 valence electrons. The number of phenols is 1. The first-order valence-corrected chi connectivity index (χ1v) is 8.19. The molecule has 3 rings (SSSR count). The molecule has 0 bridgehead atoms. The average Bonchev–Trinajstić information content (AvgIpc) is 2.62. The van der Waals surface area contributed by atoms with E-state index in [2.05, 4.69) is 0 Å². The van der Waals surface area contributed by atoms with Gasteiger partial charge < -0.3 is 20.6 Å². The second-order valence-corrected chi connectivity index (χ2v) is 6.21. The summed E-state index contributed by atoms with van der Waals surface area (Å²) in [5, 5.41) is 9.52. The van der Waals surface area contributed by atoms with Crippen LogP contribution in [-0.2, 0) is 0 Å². The number of carbonyl (C=O) groups is 2. The van der Waals surface area contributed by atoms with E-state index >= 15 is 0 Å². The molecule has 3 N–H and O–H groups in total. The van der Waals surface area contributed by atoms with E-state index in [9.17, 15) is 14.7 Å². The lowest BCUT2D eigenvalue weighted by molar-refractivity contribution is 0.0535. The van der Waals surface area contributed by atoms with Crippen LogP contribution in [0.4, 0.5) is 5.69 Å². The van der Waals surface area contributed by atoms with Crippen molar-refractivity contribution in [1.82, 2.24) is 9.80 Å². The van der Waals surface area contributed by atoms with Crippen LogP contribution in [0.3, 0.4) is 0 Å². The summed E-state index contributed by atoms with van der Waals surface area (Å²) in [7, 11) is 0. The van der Waals surface area contributed by atoms with Crippen LogP contribution in [0.25, 0.3) is 0 Å². The maximum Gasteiger partial charge on any atom is 0.254 e. The highest BCUT2D eigenvalue weighted by Gasteiger charge is 2.26. The minimum atomic E-state index is -0.136. The number of carbonyl (C=O) groups excluding carboxylic acids is 2. The number of phenolic OH excluding ortho intramolecular Hbond substituents is 1. The molecule has 1 aliphatic rings. The molecule has 0 aromatic heterocycles. The Labute approximate surface area is 146 Å². The average molecular weight is 339 g/mol. The van der Waals surface area contributed by atoms with E-state index in [1.165, 1.54) is 12.1 Å². The Hall–Kier alpha value is -3.02. The molecular formula is C19H21N3O3. The normalized spacial score (nSPS) is 14.4. The minimum Gasteiger partial charge on any atom is -0.508 e. The Morgan fingerprint density at radius 2 is 1.60 bits per heavy atom. The predicted octanol–water partition coefficient (Wildman–Crippen LogP) is 1.88. The molecule has 0 unspecified atom stereocenters. The van der Waals surface area contributed by atoms with Crippen molar-refractivity contribution in [2.45, 2.75) is 6.92 Å². The molecule has 1 saturated heterocycles. The number of amides is 2. The molecule has 2 amide bonds. The Kier molecular flexibility index (Phi) is 4.61. The highest BCUT2D eigenvalue weighted by atomic mass is 16.3. The van der Waals surface area contributed by atoms with Gasteiger partial charge >= 0.3 is 0 Å². The van der Waals surface area contributed by atoms with Crippen molar-refractivity contribution in [2.75, 3.05) is 31.9 Å². The molecule has 0 saturated carbocycles. The maximum absolute atomic E-state index is 12.7. The molecule has 0 aliphatic carbocycles. The minimum absolute atomic E-state index is 0.0609. The number of nitrogens with zero attached hydrogens (tertiary/aromatic N) is 2. The van der Waals surface area contributed by atoms with E-state index in [0.717, 1.165) is 5.56 Å². The van der Waals surface area contributed by atoms with Crippen LogP contribution in [0.5, 0.6) is 5.75 Å².